The third-order valence-electron chi connectivity index (χ3n) is 9.57. The number of aromatic amines is 1. The molecular weight excluding hydrogens is 484 g/mol. The van der Waals surface area contributed by atoms with Gasteiger partial charge in [0.1, 0.15) is 11.6 Å². The maximum Gasteiger partial charge on any atom is 0.276 e. The second kappa shape index (κ2) is 13.3. The Labute approximate surface area is 234 Å². The first-order valence-electron chi connectivity index (χ1n) is 15.7. The Morgan fingerprint density at radius 3 is 2.56 bits per heavy atom. The summed E-state index contributed by atoms with van der Waals surface area (Å²) in [6.45, 7) is 8.47. The summed E-state index contributed by atoms with van der Waals surface area (Å²) in [6.07, 6.45) is 15.8. The summed E-state index contributed by atoms with van der Waals surface area (Å²) in [6, 6.07) is 9.46. The molecule has 1 aromatic carbocycles. The number of benzene rings is 1. The molecule has 1 saturated heterocycles. The highest BCUT2D eigenvalue weighted by atomic mass is 16.5. The average Bonchev–Trinajstić information content (AvgIpc) is 3.30. The van der Waals surface area contributed by atoms with Crippen LogP contribution in [0.5, 0.6) is 0 Å². The number of rotatable bonds is 10. The van der Waals surface area contributed by atoms with E-state index in [1.807, 2.05) is 4.52 Å². The smallest absolute Gasteiger partial charge is 0.276 e. The van der Waals surface area contributed by atoms with Crippen molar-refractivity contribution >= 4 is 5.52 Å². The van der Waals surface area contributed by atoms with Crippen molar-refractivity contribution in [2.75, 3.05) is 13.2 Å². The van der Waals surface area contributed by atoms with E-state index >= 15 is 0 Å². The summed E-state index contributed by atoms with van der Waals surface area (Å²) >= 11 is 0. The van der Waals surface area contributed by atoms with Crippen LogP contribution in [0.1, 0.15) is 120 Å². The molecule has 3 aromatic rings. The molecule has 1 saturated carbocycles. The van der Waals surface area contributed by atoms with Crippen molar-refractivity contribution in [2.24, 2.45) is 17.8 Å². The fourth-order valence-corrected chi connectivity index (χ4v) is 7.15. The van der Waals surface area contributed by atoms with Crippen LogP contribution < -0.4 is 5.56 Å². The van der Waals surface area contributed by atoms with E-state index in [4.69, 9.17) is 9.84 Å². The molecule has 39 heavy (non-hydrogen) atoms. The van der Waals surface area contributed by atoms with Crippen LogP contribution in [0, 0.1) is 17.8 Å². The lowest BCUT2D eigenvalue weighted by Gasteiger charge is -2.23. The number of fused-ring (bicyclic) bond motifs is 1. The van der Waals surface area contributed by atoms with Gasteiger partial charge in [-0.3, -0.25) is 4.79 Å². The molecule has 2 fully saturated rings. The average molecular weight is 533 g/mol. The van der Waals surface area contributed by atoms with Gasteiger partial charge in [-0.1, -0.05) is 77.1 Å². The van der Waals surface area contributed by atoms with Crippen molar-refractivity contribution in [3.8, 4) is 0 Å². The van der Waals surface area contributed by atoms with Crippen LogP contribution in [-0.2, 0) is 17.6 Å². The first kappa shape index (κ1) is 28.1. The molecular formula is C33H48N4O2. The number of nitrogens with zero attached hydrogens (tertiary/aromatic N) is 3. The lowest BCUT2D eigenvalue weighted by molar-refractivity contribution is 0.0832. The lowest BCUT2D eigenvalue weighted by atomic mass is 9.84. The van der Waals surface area contributed by atoms with Gasteiger partial charge in [0, 0.05) is 25.0 Å². The minimum atomic E-state index is -0.0705. The standard InChI is InChI=1S/C33H48N4O2/c1-4-7-24(5-2)10-11-25-12-14-26(15-13-25)21-27-8-6-9-29(23(3)20-27)31-35-33(38)30-22-34-32(37(30)36-31)28-16-18-39-19-17-28/h12-15,22-24,27-29H,4-11,16-21H2,1-3H3,(H,35,36,38). The molecule has 5 rings (SSSR count). The van der Waals surface area contributed by atoms with Crippen LogP contribution >= 0.6 is 0 Å². The van der Waals surface area contributed by atoms with Crippen molar-refractivity contribution in [1.82, 2.24) is 19.6 Å². The first-order chi connectivity index (χ1) is 19.1. The largest absolute Gasteiger partial charge is 0.381 e. The summed E-state index contributed by atoms with van der Waals surface area (Å²) in [5, 5.41) is 5.01. The summed E-state index contributed by atoms with van der Waals surface area (Å²) in [5.74, 6) is 4.33. The maximum absolute atomic E-state index is 13.0. The summed E-state index contributed by atoms with van der Waals surface area (Å²) < 4.78 is 7.38. The molecule has 6 heteroatoms. The molecule has 1 aliphatic heterocycles. The van der Waals surface area contributed by atoms with Crippen LogP contribution in [0.2, 0.25) is 0 Å². The first-order valence-corrected chi connectivity index (χ1v) is 15.7. The lowest BCUT2D eigenvalue weighted by Crippen LogP contribution is -2.24. The Balaban J connectivity index is 1.23. The molecule has 0 radical (unpaired) electrons. The highest BCUT2D eigenvalue weighted by molar-refractivity contribution is 5.42. The zero-order valence-corrected chi connectivity index (χ0v) is 24.3. The Hall–Kier alpha value is -2.47. The molecule has 4 unspecified atom stereocenters. The van der Waals surface area contributed by atoms with Crippen LogP contribution in [0.4, 0.5) is 0 Å². The Morgan fingerprint density at radius 2 is 1.82 bits per heavy atom. The van der Waals surface area contributed by atoms with Crippen molar-refractivity contribution in [2.45, 2.75) is 110 Å². The Morgan fingerprint density at radius 1 is 1.05 bits per heavy atom. The SMILES string of the molecule is CCCC(CC)CCc1ccc(CC2CCCC(c3nn4c(C5CCOCC5)ncc4c(=O)[nH]3)C(C)C2)cc1. The van der Waals surface area contributed by atoms with E-state index in [2.05, 4.69) is 55.0 Å². The number of aryl methyl sites for hydroxylation is 1. The minimum absolute atomic E-state index is 0.0705. The normalized spacial score (nSPS) is 23.6. The van der Waals surface area contributed by atoms with Gasteiger partial charge in [-0.2, -0.15) is 5.10 Å². The molecule has 0 amide bonds. The minimum Gasteiger partial charge on any atom is -0.381 e. The fourth-order valence-electron chi connectivity index (χ4n) is 7.15. The summed E-state index contributed by atoms with van der Waals surface area (Å²) in [5.41, 5.74) is 3.42. The molecule has 2 aromatic heterocycles. The fraction of sp³-hybridized carbons (Fsp3) is 0.667. The predicted octanol–water partition coefficient (Wildman–Crippen LogP) is 7.22. The number of aromatic nitrogens is 4. The molecule has 1 aliphatic carbocycles. The highest BCUT2D eigenvalue weighted by Gasteiger charge is 2.30. The Bertz CT molecular complexity index is 1240. The van der Waals surface area contributed by atoms with Gasteiger partial charge in [-0.15, -0.1) is 0 Å². The van der Waals surface area contributed by atoms with E-state index in [-0.39, 0.29) is 11.5 Å². The highest BCUT2D eigenvalue weighted by Crippen LogP contribution is 2.38. The van der Waals surface area contributed by atoms with E-state index in [1.54, 1.807) is 6.20 Å². The van der Waals surface area contributed by atoms with Gasteiger partial charge >= 0.3 is 0 Å². The van der Waals surface area contributed by atoms with Gasteiger partial charge in [0.25, 0.3) is 5.56 Å². The number of nitrogens with one attached hydrogen (secondary N) is 1. The molecule has 4 atom stereocenters. The van der Waals surface area contributed by atoms with E-state index in [0.717, 1.165) is 56.5 Å². The second-order valence-corrected chi connectivity index (χ2v) is 12.4. The molecule has 6 nitrogen and oxygen atoms in total. The predicted molar refractivity (Wildman–Crippen MR) is 157 cm³/mol. The van der Waals surface area contributed by atoms with Gasteiger partial charge < -0.3 is 9.72 Å². The van der Waals surface area contributed by atoms with Crippen LogP contribution in [0.15, 0.2) is 35.3 Å². The van der Waals surface area contributed by atoms with Crippen molar-refractivity contribution < 1.29 is 4.74 Å². The van der Waals surface area contributed by atoms with Gasteiger partial charge in [-0.05, 0) is 73.8 Å². The van der Waals surface area contributed by atoms with Gasteiger partial charge in [0.2, 0.25) is 0 Å². The van der Waals surface area contributed by atoms with Crippen LogP contribution in [0.3, 0.4) is 0 Å². The number of imidazole rings is 1. The Kier molecular flexibility index (Phi) is 9.54. The summed E-state index contributed by atoms with van der Waals surface area (Å²) in [4.78, 5) is 20.8. The zero-order valence-electron chi connectivity index (χ0n) is 24.3. The number of ether oxygens (including phenoxy) is 1. The summed E-state index contributed by atoms with van der Waals surface area (Å²) in [7, 11) is 0. The monoisotopic (exact) mass is 532 g/mol. The van der Waals surface area contributed by atoms with E-state index < -0.39 is 0 Å². The van der Waals surface area contributed by atoms with E-state index in [1.165, 1.54) is 62.5 Å². The molecule has 0 bridgehead atoms. The van der Waals surface area contributed by atoms with Gasteiger partial charge in [0.05, 0.1) is 6.20 Å². The van der Waals surface area contributed by atoms with E-state index in [0.29, 0.717) is 23.3 Å². The molecule has 1 N–H and O–H groups in total. The number of hydrogen-bond acceptors (Lipinski definition) is 4. The van der Waals surface area contributed by atoms with Gasteiger partial charge in [0.15, 0.2) is 5.52 Å². The molecule has 3 heterocycles. The molecule has 212 valence electrons. The van der Waals surface area contributed by atoms with E-state index in [9.17, 15) is 4.79 Å². The third-order valence-corrected chi connectivity index (χ3v) is 9.57. The van der Waals surface area contributed by atoms with Gasteiger partial charge in [-0.25, -0.2) is 9.50 Å². The quantitative estimate of drug-likeness (QED) is 0.280. The number of hydrogen-bond donors (Lipinski definition) is 1. The topological polar surface area (TPSA) is 72.3 Å². The van der Waals surface area contributed by atoms with Crippen molar-refractivity contribution in [3.63, 3.8) is 0 Å². The maximum atomic E-state index is 13.0. The molecule has 2 aliphatic rings. The zero-order chi connectivity index (χ0) is 27.2. The van der Waals surface area contributed by atoms with Crippen molar-refractivity contribution in [1.29, 1.82) is 0 Å². The third kappa shape index (κ3) is 6.82. The van der Waals surface area contributed by atoms with Crippen LogP contribution in [0.25, 0.3) is 5.52 Å². The number of H-pyrrole nitrogens is 1. The second-order valence-electron chi connectivity index (χ2n) is 12.4. The molecule has 0 spiro atoms. The van der Waals surface area contributed by atoms with Crippen LogP contribution in [-0.4, -0.2) is 32.8 Å². The van der Waals surface area contributed by atoms with Crippen molar-refractivity contribution in [3.05, 3.63) is 63.6 Å².